The number of aromatic amines is 1. The summed E-state index contributed by atoms with van der Waals surface area (Å²) in [6.45, 7) is 6.76. The van der Waals surface area contributed by atoms with E-state index in [1.54, 1.807) is 34.8 Å². The maximum absolute atomic E-state index is 10.3. The second-order valence-electron chi connectivity index (χ2n) is 6.19. The van der Waals surface area contributed by atoms with Gasteiger partial charge in [0.1, 0.15) is 5.75 Å². The third kappa shape index (κ3) is 3.07. The Bertz CT molecular complexity index is 630. The van der Waals surface area contributed by atoms with Crippen LogP contribution in [0.3, 0.4) is 0 Å². The number of ether oxygens (including phenoxy) is 1. The third-order valence-corrected chi connectivity index (χ3v) is 4.00. The van der Waals surface area contributed by atoms with E-state index >= 15 is 0 Å². The highest BCUT2D eigenvalue weighted by Crippen LogP contribution is 2.26. The van der Waals surface area contributed by atoms with E-state index < -0.39 is 18.3 Å². The van der Waals surface area contributed by atoms with Gasteiger partial charge in [-0.2, -0.15) is 0 Å². The number of para-hydroxylation sites is 1. The minimum Gasteiger partial charge on any atom is -0.495 e. The molecule has 3 N–H and O–H groups in total. The Morgan fingerprint density at radius 2 is 1.86 bits per heavy atom. The molecule has 0 fully saturated rings. The fourth-order valence-corrected chi connectivity index (χ4v) is 1.94. The highest BCUT2D eigenvalue weighted by atomic mass is 16.5. The fraction of sp³-hybridized carbons (Fsp3) is 0.467. The number of aromatic nitrogens is 1. The molecule has 6 heteroatoms. The van der Waals surface area contributed by atoms with Crippen molar-refractivity contribution in [2.24, 2.45) is 0 Å². The van der Waals surface area contributed by atoms with Gasteiger partial charge in [0.05, 0.1) is 23.8 Å². The second kappa shape index (κ2) is 5.37. The van der Waals surface area contributed by atoms with Crippen molar-refractivity contribution in [2.75, 3.05) is 7.11 Å². The molecule has 0 aliphatic carbocycles. The number of H-pyrrole nitrogens is 1. The second-order valence-corrected chi connectivity index (χ2v) is 6.19. The van der Waals surface area contributed by atoms with Gasteiger partial charge in [0.25, 0.3) is 0 Å². The summed E-state index contributed by atoms with van der Waals surface area (Å²) in [6.07, 6.45) is 0. The molecule has 0 aliphatic rings. The first-order chi connectivity index (χ1) is 9.65. The summed E-state index contributed by atoms with van der Waals surface area (Å²) >= 11 is 0. The maximum atomic E-state index is 10.3. The first-order valence-corrected chi connectivity index (χ1v) is 6.89. The molecular weight excluding hydrogens is 269 g/mol. The lowest BCUT2D eigenvalue weighted by atomic mass is 9.80. The van der Waals surface area contributed by atoms with Crippen molar-refractivity contribution in [2.45, 2.75) is 38.9 Å². The van der Waals surface area contributed by atoms with Crippen molar-refractivity contribution in [1.29, 1.82) is 0 Å². The van der Waals surface area contributed by atoms with Gasteiger partial charge in [-0.1, -0.05) is 12.1 Å². The zero-order valence-electron chi connectivity index (χ0n) is 13.1. The predicted molar refractivity (Wildman–Crippen MR) is 83.9 cm³/mol. The minimum absolute atomic E-state index is 0.520. The fourth-order valence-electron chi connectivity index (χ4n) is 1.94. The molecule has 1 aromatic carbocycles. The molecule has 0 unspecified atom stereocenters. The third-order valence-electron chi connectivity index (χ3n) is 4.00. The Morgan fingerprint density at radius 1 is 1.19 bits per heavy atom. The summed E-state index contributed by atoms with van der Waals surface area (Å²) in [6, 6.07) is 7.46. The number of benzene rings is 1. The number of aliphatic hydroxyl groups is 1. The molecule has 1 aromatic heterocycles. The van der Waals surface area contributed by atoms with E-state index in [9.17, 15) is 10.1 Å². The maximum Gasteiger partial charge on any atom is 0.508 e. The first-order valence-electron chi connectivity index (χ1n) is 6.89. The van der Waals surface area contributed by atoms with Crippen molar-refractivity contribution in [3.05, 3.63) is 24.3 Å². The van der Waals surface area contributed by atoms with Gasteiger partial charge in [0.15, 0.2) is 0 Å². The lowest BCUT2D eigenvalue weighted by Crippen LogP contribution is -2.53. The molecule has 5 nitrogen and oxygen atoms in total. The van der Waals surface area contributed by atoms with Crippen LogP contribution >= 0.6 is 0 Å². The van der Waals surface area contributed by atoms with Gasteiger partial charge in [0.2, 0.25) is 0 Å². The van der Waals surface area contributed by atoms with E-state index in [1.165, 1.54) is 0 Å². The Morgan fingerprint density at radius 3 is 2.43 bits per heavy atom. The molecular formula is C15H22BNO4. The van der Waals surface area contributed by atoms with Crippen LogP contribution in [0.2, 0.25) is 0 Å². The number of nitrogens with one attached hydrogen (secondary N) is 1. The van der Waals surface area contributed by atoms with E-state index in [4.69, 9.17) is 9.39 Å². The van der Waals surface area contributed by atoms with Crippen LogP contribution in [-0.4, -0.2) is 40.5 Å². The summed E-state index contributed by atoms with van der Waals surface area (Å²) < 4.78 is 10.9. The van der Waals surface area contributed by atoms with Crippen molar-refractivity contribution >= 4 is 23.6 Å². The van der Waals surface area contributed by atoms with E-state index in [0.717, 1.165) is 10.9 Å². The van der Waals surface area contributed by atoms with Crippen molar-refractivity contribution in [1.82, 2.24) is 4.98 Å². The molecule has 1 heterocycles. The van der Waals surface area contributed by atoms with Crippen LogP contribution in [-0.2, 0) is 4.65 Å². The number of hydrogen-bond acceptors (Lipinski definition) is 4. The summed E-state index contributed by atoms with van der Waals surface area (Å²) in [5.41, 5.74) is -0.670. The molecule has 2 rings (SSSR count). The average Bonchev–Trinajstić information content (AvgIpc) is 2.80. The van der Waals surface area contributed by atoms with Crippen LogP contribution in [0, 0.1) is 0 Å². The molecule has 114 valence electrons. The molecule has 2 aromatic rings. The summed E-state index contributed by atoms with van der Waals surface area (Å²) in [4.78, 5) is 3.11. The number of fused-ring (bicyclic) bond motifs is 1. The molecule has 0 atom stereocenters. The van der Waals surface area contributed by atoms with Crippen molar-refractivity contribution in [3.8, 4) is 5.75 Å². The molecule has 0 radical (unpaired) electrons. The highest BCUT2D eigenvalue weighted by Gasteiger charge is 2.40. The molecule has 21 heavy (non-hydrogen) atoms. The highest BCUT2D eigenvalue weighted by molar-refractivity contribution is 6.59. The van der Waals surface area contributed by atoms with Crippen LogP contribution in [0.25, 0.3) is 10.9 Å². The Labute approximate surface area is 125 Å². The molecule has 0 amide bonds. The zero-order chi connectivity index (χ0) is 15.8. The zero-order valence-corrected chi connectivity index (χ0v) is 13.1. The van der Waals surface area contributed by atoms with E-state index in [1.807, 2.05) is 24.3 Å². The molecule has 0 spiro atoms. The van der Waals surface area contributed by atoms with Gasteiger partial charge < -0.3 is 24.5 Å². The largest absolute Gasteiger partial charge is 0.508 e. The Hall–Kier alpha value is -1.50. The molecule has 0 saturated heterocycles. The SMILES string of the molecule is COc1cccc2cc(B(O)OC(C)(C)C(C)(C)O)[nH]c12. The Kier molecular flexibility index (Phi) is 4.06. The van der Waals surface area contributed by atoms with Gasteiger partial charge >= 0.3 is 7.12 Å². The molecule has 0 aliphatic heterocycles. The van der Waals surface area contributed by atoms with Crippen LogP contribution in [0.15, 0.2) is 24.3 Å². The van der Waals surface area contributed by atoms with Gasteiger partial charge in [-0.05, 0) is 39.8 Å². The molecule has 0 saturated carbocycles. The number of hydrogen-bond donors (Lipinski definition) is 3. The normalized spacial score (nSPS) is 12.7. The average molecular weight is 291 g/mol. The predicted octanol–water partition coefficient (Wildman–Crippen LogP) is 1.43. The van der Waals surface area contributed by atoms with Gasteiger partial charge in [-0.3, -0.25) is 0 Å². The summed E-state index contributed by atoms with van der Waals surface area (Å²) in [5, 5.41) is 21.3. The van der Waals surface area contributed by atoms with Gasteiger partial charge in [0, 0.05) is 11.0 Å². The van der Waals surface area contributed by atoms with Crippen LogP contribution < -0.4 is 10.3 Å². The van der Waals surface area contributed by atoms with Gasteiger partial charge in [-0.15, -0.1) is 0 Å². The van der Waals surface area contributed by atoms with Crippen LogP contribution in [0.4, 0.5) is 0 Å². The van der Waals surface area contributed by atoms with Crippen molar-refractivity contribution in [3.63, 3.8) is 0 Å². The van der Waals surface area contributed by atoms with E-state index in [0.29, 0.717) is 11.3 Å². The quantitative estimate of drug-likeness (QED) is 0.729. The topological polar surface area (TPSA) is 74.7 Å². The Balaban J connectivity index is 2.30. The lowest BCUT2D eigenvalue weighted by Gasteiger charge is -2.38. The van der Waals surface area contributed by atoms with Gasteiger partial charge in [-0.25, -0.2) is 0 Å². The summed E-state index contributed by atoms with van der Waals surface area (Å²) in [5.74, 6) is 0.702. The lowest BCUT2D eigenvalue weighted by molar-refractivity contribution is -0.0983. The monoisotopic (exact) mass is 291 g/mol. The number of methoxy groups -OCH3 is 1. The summed E-state index contributed by atoms with van der Waals surface area (Å²) in [7, 11) is 0.433. The number of rotatable bonds is 5. The van der Waals surface area contributed by atoms with E-state index in [-0.39, 0.29) is 0 Å². The molecule has 0 bridgehead atoms. The standard InChI is InChI=1S/C15H22BNO4/c1-14(2,18)15(3,4)21-16(19)12-9-10-7-6-8-11(20-5)13(10)17-12/h6-9,17-19H,1-5H3. The van der Waals surface area contributed by atoms with Crippen LogP contribution in [0.1, 0.15) is 27.7 Å². The van der Waals surface area contributed by atoms with E-state index in [2.05, 4.69) is 4.98 Å². The minimum atomic E-state index is -1.16. The first kappa shape index (κ1) is 15.9. The van der Waals surface area contributed by atoms with Crippen LogP contribution in [0.5, 0.6) is 5.75 Å². The smallest absolute Gasteiger partial charge is 0.495 e. The van der Waals surface area contributed by atoms with Crippen molar-refractivity contribution < 1.29 is 19.5 Å².